The Morgan fingerprint density at radius 3 is 2.79 bits per heavy atom. The van der Waals surface area contributed by atoms with E-state index < -0.39 is 5.97 Å². The molecule has 0 bridgehead atoms. The molecule has 0 saturated carbocycles. The summed E-state index contributed by atoms with van der Waals surface area (Å²) in [6, 6.07) is 7.22. The number of thiophene rings is 1. The molecule has 3 heterocycles. The maximum absolute atomic E-state index is 13.5. The number of hydrogen-bond acceptors (Lipinski definition) is 7. The highest BCUT2D eigenvalue weighted by Crippen LogP contribution is 2.34. The first-order valence-electron chi connectivity index (χ1n) is 9.31. The molecule has 0 amide bonds. The van der Waals surface area contributed by atoms with Gasteiger partial charge in [-0.15, -0.1) is 11.3 Å². The number of carboxylic acids is 1. The molecule has 0 spiro atoms. The summed E-state index contributed by atoms with van der Waals surface area (Å²) in [6.45, 7) is 4.17. The summed E-state index contributed by atoms with van der Waals surface area (Å²) in [6.07, 6.45) is 0.813. The van der Waals surface area contributed by atoms with Crippen LogP contribution in [0, 0.1) is 0 Å². The van der Waals surface area contributed by atoms with Gasteiger partial charge in [-0.25, -0.2) is 4.98 Å². The van der Waals surface area contributed by atoms with E-state index in [1.54, 1.807) is 24.3 Å². The minimum atomic E-state index is -0.949. The average molecular weight is 432 g/mol. The van der Waals surface area contributed by atoms with Crippen LogP contribution >= 0.6 is 23.1 Å². The maximum Gasteiger partial charge on any atom is 0.313 e. The van der Waals surface area contributed by atoms with Crippen molar-refractivity contribution in [3.8, 4) is 11.4 Å². The number of carboxylic acid groups (broad SMARTS) is 1. The number of benzene rings is 1. The fourth-order valence-electron chi connectivity index (χ4n) is 3.46. The van der Waals surface area contributed by atoms with Crippen molar-refractivity contribution in [3.63, 3.8) is 0 Å². The smallest absolute Gasteiger partial charge is 0.313 e. The number of nitrogens with zero attached hydrogens (tertiary/aromatic N) is 3. The Balaban J connectivity index is 1.89. The zero-order valence-electron chi connectivity index (χ0n) is 16.2. The molecular formula is C20H21N3O4S2. The molecule has 1 aromatic carbocycles. The molecule has 0 atom stereocenters. The molecule has 3 aromatic rings. The minimum Gasteiger partial charge on any atom is -0.494 e. The van der Waals surface area contributed by atoms with Crippen LogP contribution in [0.25, 0.3) is 15.9 Å². The Hall–Kier alpha value is -2.36. The van der Waals surface area contributed by atoms with Crippen molar-refractivity contribution in [3.05, 3.63) is 45.1 Å². The molecule has 0 aliphatic carbocycles. The van der Waals surface area contributed by atoms with Crippen LogP contribution in [0.5, 0.6) is 5.75 Å². The Morgan fingerprint density at radius 1 is 1.34 bits per heavy atom. The SMILES string of the molecule is CCOc1ccc(-n2c(SCC(=O)O)nc3sc4c(c3c2=O)CCN(C)C4)cc1. The first-order valence-corrected chi connectivity index (χ1v) is 11.1. The van der Waals surface area contributed by atoms with Crippen LogP contribution in [-0.4, -0.2) is 51.5 Å². The van der Waals surface area contributed by atoms with Crippen molar-refractivity contribution in [2.24, 2.45) is 0 Å². The number of hydrogen-bond donors (Lipinski definition) is 1. The summed E-state index contributed by atoms with van der Waals surface area (Å²) in [5.41, 5.74) is 1.58. The molecule has 1 N–H and O–H groups in total. The minimum absolute atomic E-state index is 0.144. The molecule has 4 rings (SSSR count). The number of rotatable bonds is 6. The van der Waals surface area contributed by atoms with Gasteiger partial charge in [0.2, 0.25) is 0 Å². The Morgan fingerprint density at radius 2 is 2.10 bits per heavy atom. The van der Waals surface area contributed by atoms with E-state index in [-0.39, 0.29) is 11.3 Å². The van der Waals surface area contributed by atoms with E-state index in [1.807, 2.05) is 6.92 Å². The van der Waals surface area contributed by atoms with Gasteiger partial charge in [-0.2, -0.15) is 0 Å². The monoisotopic (exact) mass is 431 g/mol. The third-order valence-corrected chi connectivity index (χ3v) is 6.80. The summed E-state index contributed by atoms with van der Waals surface area (Å²) < 4.78 is 7.01. The van der Waals surface area contributed by atoms with Gasteiger partial charge in [0.15, 0.2) is 5.16 Å². The Labute approximate surface area is 175 Å². The standard InChI is InChI=1S/C20H21N3O4S2/c1-3-27-13-6-4-12(5-7-13)23-19(26)17-14-8-9-22(2)10-15(14)29-18(17)21-20(23)28-11-16(24)25/h4-7H,3,8-11H2,1-2H3,(H,24,25). The molecule has 152 valence electrons. The molecule has 0 saturated heterocycles. The van der Waals surface area contributed by atoms with Gasteiger partial charge >= 0.3 is 5.97 Å². The van der Waals surface area contributed by atoms with E-state index in [2.05, 4.69) is 11.9 Å². The summed E-state index contributed by atoms with van der Waals surface area (Å²) >= 11 is 2.59. The lowest BCUT2D eigenvalue weighted by molar-refractivity contribution is -0.133. The van der Waals surface area contributed by atoms with Crippen LogP contribution in [0.15, 0.2) is 34.2 Å². The van der Waals surface area contributed by atoms with Gasteiger partial charge in [-0.1, -0.05) is 11.8 Å². The first kappa shape index (κ1) is 19.9. The number of aliphatic carboxylic acids is 1. The van der Waals surface area contributed by atoms with Gasteiger partial charge in [0.05, 0.1) is 23.4 Å². The van der Waals surface area contributed by atoms with E-state index in [9.17, 15) is 9.59 Å². The van der Waals surface area contributed by atoms with Gasteiger partial charge in [0.1, 0.15) is 10.6 Å². The molecule has 0 radical (unpaired) electrons. The predicted octanol–water partition coefficient (Wildman–Crippen LogP) is 3.01. The Kier molecular flexibility index (Phi) is 5.62. The summed E-state index contributed by atoms with van der Waals surface area (Å²) in [4.78, 5) is 33.4. The van der Waals surface area contributed by atoms with E-state index >= 15 is 0 Å². The van der Waals surface area contributed by atoms with Crippen LogP contribution in [0.2, 0.25) is 0 Å². The van der Waals surface area contributed by atoms with Gasteiger partial charge in [-0.05, 0) is 50.2 Å². The second-order valence-electron chi connectivity index (χ2n) is 6.82. The normalized spacial score (nSPS) is 14.1. The summed E-state index contributed by atoms with van der Waals surface area (Å²) in [5.74, 6) is -0.397. The number of carbonyl (C=O) groups is 1. The molecule has 7 nitrogen and oxygen atoms in total. The zero-order chi connectivity index (χ0) is 20.5. The molecule has 1 aliphatic rings. The van der Waals surface area contributed by atoms with Crippen molar-refractivity contribution in [2.45, 2.75) is 25.0 Å². The number of ether oxygens (including phenoxy) is 1. The van der Waals surface area contributed by atoms with Crippen LogP contribution in [0.3, 0.4) is 0 Å². The number of aromatic nitrogens is 2. The van der Waals surface area contributed by atoms with Gasteiger partial charge in [0, 0.05) is 18.0 Å². The van der Waals surface area contributed by atoms with E-state index in [0.717, 1.165) is 41.7 Å². The van der Waals surface area contributed by atoms with Crippen LogP contribution in [0.1, 0.15) is 17.4 Å². The first-order chi connectivity index (χ1) is 14.0. The van der Waals surface area contributed by atoms with Gasteiger partial charge in [0.25, 0.3) is 5.56 Å². The second kappa shape index (κ2) is 8.17. The molecule has 1 aliphatic heterocycles. The second-order valence-corrected chi connectivity index (χ2v) is 8.84. The largest absolute Gasteiger partial charge is 0.494 e. The van der Waals surface area contributed by atoms with Crippen LogP contribution < -0.4 is 10.3 Å². The van der Waals surface area contributed by atoms with Crippen molar-refractivity contribution >= 4 is 39.3 Å². The van der Waals surface area contributed by atoms with Gasteiger partial charge in [-0.3, -0.25) is 14.2 Å². The van der Waals surface area contributed by atoms with Crippen molar-refractivity contribution in [1.29, 1.82) is 0 Å². The summed E-state index contributed by atoms with van der Waals surface area (Å²) in [5, 5.41) is 10.2. The number of likely N-dealkylation sites (N-methyl/N-ethyl adjacent to an activating group) is 1. The molecule has 0 fully saturated rings. The fourth-order valence-corrected chi connectivity index (χ4v) is 5.53. The van der Waals surface area contributed by atoms with Crippen molar-refractivity contribution in [1.82, 2.24) is 14.5 Å². The highest BCUT2D eigenvalue weighted by Gasteiger charge is 2.24. The number of fused-ring (bicyclic) bond motifs is 3. The van der Waals surface area contributed by atoms with Crippen LogP contribution in [-0.2, 0) is 17.8 Å². The predicted molar refractivity (Wildman–Crippen MR) is 115 cm³/mol. The van der Waals surface area contributed by atoms with E-state index in [4.69, 9.17) is 14.8 Å². The van der Waals surface area contributed by atoms with Gasteiger partial charge < -0.3 is 14.7 Å². The molecular weight excluding hydrogens is 410 g/mol. The van der Waals surface area contributed by atoms with Crippen molar-refractivity contribution in [2.75, 3.05) is 26.0 Å². The lowest BCUT2D eigenvalue weighted by Gasteiger charge is -2.21. The fraction of sp³-hybridized carbons (Fsp3) is 0.350. The highest BCUT2D eigenvalue weighted by atomic mass is 32.2. The van der Waals surface area contributed by atoms with E-state index in [0.29, 0.717) is 33.4 Å². The topological polar surface area (TPSA) is 84.7 Å². The molecule has 9 heteroatoms. The molecule has 29 heavy (non-hydrogen) atoms. The Bertz CT molecular complexity index is 1120. The zero-order valence-corrected chi connectivity index (χ0v) is 17.8. The maximum atomic E-state index is 13.5. The quantitative estimate of drug-likeness (QED) is 0.474. The van der Waals surface area contributed by atoms with E-state index in [1.165, 1.54) is 15.9 Å². The summed E-state index contributed by atoms with van der Waals surface area (Å²) in [7, 11) is 2.06. The molecule has 2 aromatic heterocycles. The van der Waals surface area contributed by atoms with Crippen molar-refractivity contribution < 1.29 is 14.6 Å². The lowest BCUT2D eigenvalue weighted by Crippen LogP contribution is -2.27. The number of thioether (sulfide) groups is 1. The molecule has 0 unspecified atom stereocenters. The highest BCUT2D eigenvalue weighted by molar-refractivity contribution is 7.99. The average Bonchev–Trinajstić information content (AvgIpc) is 3.05. The van der Waals surface area contributed by atoms with Crippen LogP contribution in [0.4, 0.5) is 0 Å². The third-order valence-electron chi connectivity index (χ3n) is 4.77. The lowest BCUT2D eigenvalue weighted by atomic mass is 10.1. The third kappa shape index (κ3) is 3.90.